The van der Waals surface area contributed by atoms with Crippen LogP contribution in [0.5, 0.6) is 5.88 Å². The van der Waals surface area contributed by atoms with E-state index in [2.05, 4.69) is 48.6 Å². The molecule has 1 fully saturated rings. The summed E-state index contributed by atoms with van der Waals surface area (Å²) in [6.07, 6.45) is 5.41. The Morgan fingerprint density at radius 3 is 2.69 bits per heavy atom. The third-order valence-corrected chi connectivity index (χ3v) is 6.80. The van der Waals surface area contributed by atoms with Crippen LogP contribution < -0.4 is 10.2 Å². The van der Waals surface area contributed by atoms with Gasteiger partial charge in [0.2, 0.25) is 0 Å². The molecule has 196 valence electrons. The molecule has 0 atom stereocenters. The number of fused-ring (bicyclic) bond motifs is 1. The van der Waals surface area contributed by atoms with Gasteiger partial charge in [0.25, 0.3) is 5.91 Å². The molecule has 1 amide bonds. The lowest BCUT2D eigenvalue weighted by atomic mass is 10.0. The number of amides is 1. The fraction of sp³-hybridized carbons (Fsp3) is 0.167. The van der Waals surface area contributed by atoms with Crippen molar-refractivity contribution in [2.45, 2.75) is 6.42 Å². The number of hydrogen-bond donors (Lipinski definition) is 4. The minimum Gasteiger partial charge on any atom is -0.494 e. The van der Waals surface area contributed by atoms with Crippen molar-refractivity contribution in [1.29, 1.82) is 0 Å². The molecule has 2 aromatic heterocycles. The third-order valence-electron chi connectivity index (χ3n) is 6.80. The van der Waals surface area contributed by atoms with E-state index in [1.807, 2.05) is 48.5 Å². The Morgan fingerprint density at radius 1 is 1.08 bits per heavy atom. The van der Waals surface area contributed by atoms with Crippen molar-refractivity contribution in [3.8, 4) is 5.88 Å². The quantitative estimate of drug-likeness (QED) is 0.225. The number of carbonyl (C=O) groups excluding carboxylic acids is 1. The summed E-state index contributed by atoms with van der Waals surface area (Å²) in [5.74, 6) is -0.135. The van der Waals surface area contributed by atoms with E-state index in [4.69, 9.17) is 4.74 Å². The first-order valence-electron chi connectivity index (χ1n) is 12.8. The fourth-order valence-corrected chi connectivity index (χ4v) is 4.77. The van der Waals surface area contributed by atoms with Crippen molar-refractivity contribution < 1.29 is 14.6 Å². The number of carbonyl (C=O) groups is 1. The minimum atomic E-state index is -0.218. The summed E-state index contributed by atoms with van der Waals surface area (Å²) in [5, 5.41) is 20.9. The van der Waals surface area contributed by atoms with E-state index in [0.29, 0.717) is 23.2 Å². The molecule has 4 N–H and O–H groups in total. The van der Waals surface area contributed by atoms with E-state index < -0.39 is 0 Å². The van der Waals surface area contributed by atoms with E-state index in [9.17, 15) is 9.90 Å². The molecule has 0 saturated carbocycles. The van der Waals surface area contributed by atoms with Crippen LogP contribution in [0.4, 0.5) is 17.1 Å². The monoisotopic (exact) mass is 520 g/mol. The maximum absolute atomic E-state index is 12.4. The highest BCUT2D eigenvalue weighted by atomic mass is 16.5. The van der Waals surface area contributed by atoms with Crippen molar-refractivity contribution >= 4 is 40.1 Å². The Balaban J connectivity index is 1.19. The van der Waals surface area contributed by atoms with E-state index >= 15 is 0 Å². The maximum atomic E-state index is 12.4. The Labute approximate surface area is 225 Å². The van der Waals surface area contributed by atoms with E-state index in [1.165, 1.54) is 6.20 Å². The van der Waals surface area contributed by atoms with Crippen LogP contribution >= 0.6 is 0 Å². The van der Waals surface area contributed by atoms with Gasteiger partial charge in [0.1, 0.15) is 0 Å². The van der Waals surface area contributed by atoms with Gasteiger partial charge < -0.3 is 25.0 Å². The van der Waals surface area contributed by atoms with Crippen LogP contribution in [-0.4, -0.2) is 58.7 Å². The number of nitrogens with zero attached hydrogens (tertiary/aromatic N) is 3. The summed E-state index contributed by atoms with van der Waals surface area (Å²) in [7, 11) is 0. The molecule has 1 aliphatic rings. The summed E-state index contributed by atoms with van der Waals surface area (Å²) in [5.41, 5.74) is 6.76. The second-order valence-corrected chi connectivity index (χ2v) is 9.46. The van der Waals surface area contributed by atoms with Crippen LogP contribution in [0.2, 0.25) is 0 Å². The van der Waals surface area contributed by atoms with Crippen molar-refractivity contribution in [3.63, 3.8) is 0 Å². The molecular formula is C30H28N6O3. The number of morpholine rings is 1. The molecular weight excluding hydrogens is 492 g/mol. The van der Waals surface area contributed by atoms with Crippen LogP contribution in [0.3, 0.4) is 0 Å². The SMILES string of the molecule is O=C(Nc1cccc(Cc2ccc3[nH]c(O)c(C=Nc4ccc(N5CCOCC5)cc4)c3c2)c1)c1cn[nH]c1. The Bertz CT molecular complexity index is 1620. The van der Waals surface area contributed by atoms with Gasteiger partial charge in [0.15, 0.2) is 5.88 Å². The predicted molar refractivity (Wildman–Crippen MR) is 152 cm³/mol. The Kier molecular flexibility index (Phi) is 6.80. The molecule has 3 heterocycles. The van der Waals surface area contributed by atoms with Crippen LogP contribution in [0.15, 0.2) is 84.1 Å². The summed E-state index contributed by atoms with van der Waals surface area (Å²) < 4.78 is 5.43. The minimum absolute atomic E-state index is 0.0831. The van der Waals surface area contributed by atoms with Crippen molar-refractivity contribution in [3.05, 3.63) is 101 Å². The molecule has 9 heteroatoms. The summed E-state index contributed by atoms with van der Waals surface area (Å²) >= 11 is 0. The standard InChI is InChI=1S/C30H28N6O3/c37-29(22-17-32-33-18-22)34-24-3-1-2-20(15-24)14-21-4-9-28-26(16-21)27(30(38)35-28)19-31-23-5-7-25(8-6-23)36-10-12-39-13-11-36/h1-9,15-19,35,38H,10-14H2,(H,32,33)(H,34,37). The van der Waals surface area contributed by atoms with Crippen LogP contribution in [-0.2, 0) is 11.2 Å². The number of aromatic nitrogens is 3. The van der Waals surface area contributed by atoms with Crippen LogP contribution in [0, 0.1) is 0 Å². The Morgan fingerprint density at radius 2 is 1.90 bits per heavy atom. The largest absolute Gasteiger partial charge is 0.494 e. The second-order valence-electron chi connectivity index (χ2n) is 9.46. The number of ether oxygens (including phenoxy) is 1. The zero-order chi connectivity index (χ0) is 26.6. The van der Waals surface area contributed by atoms with Crippen LogP contribution in [0.25, 0.3) is 10.9 Å². The number of hydrogen-bond acceptors (Lipinski definition) is 6. The average Bonchev–Trinajstić information content (AvgIpc) is 3.61. The zero-order valence-corrected chi connectivity index (χ0v) is 21.2. The van der Waals surface area contributed by atoms with Gasteiger partial charge in [0.05, 0.1) is 36.2 Å². The summed E-state index contributed by atoms with van der Waals surface area (Å²) in [4.78, 5) is 22.3. The topological polar surface area (TPSA) is 119 Å². The maximum Gasteiger partial charge on any atom is 0.258 e. The van der Waals surface area contributed by atoms with Gasteiger partial charge in [-0.15, -0.1) is 0 Å². The van der Waals surface area contributed by atoms with Crippen molar-refractivity contribution in [2.75, 3.05) is 36.5 Å². The van der Waals surface area contributed by atoms with Gasteiger partial charge in [-0.05, 0) is 66.1 Å². The molecule has 0 unspecified atom stereocenters. The van der Waals surface area contributed by atoms with Gasteiger partial charge in [-0.1, -0.05) is 18.2 Å². The number of aromatic hydroxyl groups is 1. The van der Waals surface area contributed by atoms with Gasteiger partial charge in [0, 0.05) is 47.8 Å². The molecule has 6 rings (SSSR count). The highest BCUT2D eigenvalue weighted by Crippen LogP contribution is 2.29. The molecule has 0 bridgehead atoms. The highest BCUT2D eigenvalue weighted by Gasteiger charge is 2.13. The van der Waals surface area contributed by atoms with E-state index in [1.54, 1.807) is 12.4 Å². The second kappa shape index (κ2) is 10.8. The number of aliphatic imine (C=N–C) groups is 1. The third kappa shape index (κ3) is 5.53. The summed E-state index contributed by atoms with van der Waals surface area (Å²) in [6.45, 7) is 3.27. The number of H-pyrrole nitrogens is 2. The lowest BCUT2D eigenvalue weighted by molar-refractivity contribution is 0.102. The average molecular weight is 521 g/mol. The molecule has 39 heavy (non-hydrogen) atoms. The number of aromatic amines is 2. The van der Waals surface area contributed by atoms with Crippen LogP contribution in [0.1, 0.15) is 27.0 Å². The molecule has 0 aliphatic carbocycles. The number of benzene rings is 3. The Hall–Kier alpha value is -4.89. The summed E-state index contributed by atoms with van der Waals surface area (Å²) in [6, 6.07) is 21.9. The van der Waals surface area contributed by atoms with Crippen molar-refractivity contribution in [2.24, 2.45) is 4.99 Å². The number of nitrogens with one attached hydrogen (secondary N) is 3. The van der Waals surface area contributed by atoms with Crippen molar-refractivity contribution in [1.82, 2.24) is 15.2 Å². The highest BCUT2D eigenvalue weighted by molar-refractivity contribution is 6.04. The predicted octanol–water partition coefficient (Wildman–Crippen LogP) is 5.03. The lowest BCUT2D eigenvalue weighted by Gasteiger charge is -2.28. The molecule has 5 aromatic rings. The zero-order valence-electron chi connectivity index (χ0n) is 21.2. The molecule has 0 radical (unpaired) electrons. The first-order chi connectivity index (χ1) is 19.1. The van der Waals surface area contributed by atoms with E-state index in [-0.39, 0.29) is 11.8 Å². The molecule has 1 aliphatic heterocycles. The molecule has 9 nitrogen and oxygen atoms in total. The first-order valence-corrected chi connectivity index (χ1v) is 12.8. The lowest BCUT2D eigenvalue weighted by Crippen LogP contribution is -2.36. The van der Waals surface area contributed by atoms with Gasteiger partial charge in [-0.3, -0.25) is 14.9 Å². The number of anilines is 2. The van der Waals surface area contributed by atoms with E-state index in [0.717, 1.165) is 59.7 Å². The first kappa shape index (κ1) is 24.4. The van der Waals surface area contributed by atoms with Gasteiger partial charge in [-0.25, -0.2) is 0 Å². The molecule has 1 saturated heterocycles. The fourth-order valence-electron chi connectivity index (χ4n) is 4.77. The number of rotatable bonds is 7. The van der Waals surface area contributed by atoms with Gasteiger partial charge in [-0.2, -0.15) is 5.10 Å². The van der Waals surface area contributed by atoms with Gasteiger partial charge >= 0.3 is 0 Å². The molecule has 3 aromatic carbocycles. The molecule has 0 spiro atoms. The smallest absolute Gasteiger partial charge is 0.258 e. The normalized spacial score (nSPS) is 13.8.